The SMILES string of the molecule is CNC(=O)C(Cc1ccccc1)N(Cc1cccc(Cl)c1)C(=O)CCCN(c1cccc(C)c1)S(C)(=O)=O. The number of carbonyl (C=O) groups is 2. The molecule has 1 atom stereocenters. The monoisotopic (exact) mass is 555 g/mol. The van der Waals surface area contributed by atoms with Crippen molar-refractivity contribution in [2.45, 2.75) is 38.8 Å². The summed E-state index contributed by atoms with van der Waals surface area (Å²) in [5.74, 6) is -0.519. The minimum Gasteiger partial charge on any atom is -0.357 e. The van der Waals surface area contributed by atoms with Gasteiger partial charge in [0.15, 0.2) is 0 Å². The Hall–Kier alpha value is -3.36. The fourth-order valence-corrected chi connectivity index (χ4v) is 5.51. The van der Waals surface area contributed by atoms with Gasteiger partial charge in [-0.1, -0.05) is 66.2 Å². The number of aryl methyl sites for hydroxylation is 1. The highest BCUT2D eigenvalue weighted by atomic mass is 35.5. The summed E-state index contributed by atoms with van der Waals surface area (Å²) >= 11 is 6.19. The molecule has 0 heterocycles. The van der Waals surface area contributed by atoms with E-state index in [4.69, 9.17) is 11.6 Å². The highest BCUT2D eigenvalue weighted by Gasteiger charge is 2.30. The predicted molar refractivity (Wildman–Crippen MR) is 153 cm³/mol. The van der Waals surface area contributed by atoms with Gasteiger partial charge in [0.05, 0.1) is 11.9 Å². The minimum absolute atomic E-state index is 0.0701. The summed E-state index contributed by atoms with van der Waals surface area (Å²) in [6, 6.07) is 23.2. The molecular weight excluding hydrogens is 522 g/mol. The Bertz CT molecular complexity index is 1350. The topological polar surface area (TPSA) is 86.8 Å². The molecule has 9 heteroatoms. The maximum absolute atomic E-state index is 13.7. The van der Waals surface area contributed by atoms with E-state index in [9.17, 15) is 18.0 Å². The summed E-state index contributed by atoms with van der Waals surface area (Å²) in [5.41, 5.74) is 3.22. The van der Waals surface area contributed by atoms with Crippen LogP contribution in [0.15, 0.2) is 78.9 Å². The van der Waals surface area contributed by atoms with E-state index >= 15 is 0 Å². The highest BCUT2D eigenvalue weighted by Crippen LogP contribution is 2.21. The second-order valence-corrected chi connectivity index (χ2v) is 11.6. The van der Waals surface area contributed by atoms with Crippen molar-refractivity contribution in [2.75, 3.05) is 24.2 Å². The van der Waals surface area contributed by atoms with Gasteiger partial charge in [-0.2, -0.15) is 0 Å². The van der Waals surface area contributed by atoms with Gasteiger partial charge in [-0.25, -0.2) is 8.42 Å². The van der Waals surface area contributed by atoms with Crippen LogP contribution in [-0.2, 0) is 32.6 Å². The molecule has 3 aromatic rings. The summed E-state index contributed by atoms with van der Waals surface area (Å²) < 4.78 is 26.4. The van der Waals surface area contributed by atoms with Crippen LogP contribution < -0.4 is 9.62 Å². The van der Waals surface area contributed by atoms with E-state index < -0.39 is 16.1 Å². The molecule has 0 saturated heterocycles. The molecule has 1 unspecified atom stereocenters. The lowest BCUT2D eigenvalue weighted by molar-refractivity contribution is -0.141. The number of amides is 2. The smallest absolute Gasteiger partial charge is 0.242 e. The lowest BCUT2D eigenvalue weighted by atomic mass is 10.0. The number of carbonyl (C=O) groups excluding carboxylic acids is 2. The molecule has 0 aromatic heterocycles. The number of hydrogen-bond acceptors (Lipinski definition) is 4. The van der Waals surface area contributed by atoms with Crippen LogP contribution in [0.5, 0.6) is 0 Å². The number of nitrogens with one attached hydrogen (secondary N) is 1. The van der Waals surface area contributed by atoms with Crippen molar-refractivity contribution in [1.29, 1.82) is 0 Å². The fraction of sp³-hybridized carbons (Fsp3) is 0.310. The Labute approximate surface area is 230 Å². The number of nitrogens with zero attached hydrogens (tertiary/aromatic N) is 2. The van der Waals surface area contributed by atoms with Crippen LogP contribution in [0.4, 0.5) is 5.69 Å². The van der Waals surface area contributed by atoms with Crippen LogP contribution >= 0.6 is 11.6 Å². The molecule has 0 aliphatic carbocycles. The Kier molecular flexibility index (Phi) is 10.3. The maximum Gasteiger partial charge on any atom is 0.242 e. The molecule has 38 heavy (non-hydrogen) atoms. The van der Waals surface area contributed by atoms with Gasteiger partial charge in [-0.15, -0.1) is 0 Å². The first kappa shape index (κ1) is 29.2. The largest absolute Gasteiger partial charge is 0.357 e. The number of anilines is 1. The number of likely N-dealkylation sites (N-methyl/N-ethyl adjacent to an activating group) is 1. The molecule has 3 aromatic carbocycles. The zero-order chi connectivity index (χ0) is 27.7. The van der Waals surface area contributed by atoms with Crippen molar-refractivity contribution in [3.8, 4) is 0 Å². The molecule has 0 saturated carbocycles. The van der Waals surface area contributed by atoms with E-state index in [1.54, 1.807) is 48.3 Å². The van der Waals surface area contributed by atoms with E-state index in [2.05, 4.69) is 5.32 Å². The van der Waals surface area contributed by atoms with Crippen LogP contribution in [-0.4, -0.2) is 51.0 Å². The minimum atomic E-state index is -3.55. The lowest BCUT2D eigenvalue weighted by Gasteiger charge is -2.31. The van der Waals surface area contributed by atoms with E-state index in [-0.39, 0.29) is 37.7 Å². The van der Waals surface area contributed by atoms with Gasteiger partial charge in [0.2, 0.25) is 21.8 Å². The normalized spacial score (nSPS) is 12.0. The van der Waals surface area contributed by atoms with Gasteiger partial charge in [0, 0.05) is 38.0 Å². The van der Waals surface area contributed by atoms with Crippen molar-refractivity contribution >= 4 is 39.1 Å². The first-order valence-corrected chi connectivity index (χ1v) is 14.6. The van der Waals surface area contributed by atoms with Crippen LogP contribution in [0.1, 0.15) is 29.5 Å². The van der Waals surface area contributed by atoms with Crippen molar-refractivity contribution in [3.05, 3.63) is 101 Å². The summed E-state index contributed by atoms with van der Waals surface area (Å²) in [7, 11) is -2.00. The van der Waals surface area contributed by atoms with Gasteiger partial charge in [0.1, 0.15) is 6.04 Å². The van der Waals surface area contributed by atoms with Crippen molar-refractivity contribution in [3.63, 3.8) is 0 Å². The quantitative estimate of drug-likeness (QED) is 0.354. The third-order valence-electron chi connectivity index (χ3n) is 6.20. The molecule has 0 radical (unpaired) electrons. The zero-order valence-corrected chi connectivity index (χ0v) is 23.5. The number of halogens is 1. The van der Waals surface area contributed by atoms with Gasteiger partial charge in [0.25, 0.3) is 0 Å². The Morgan fingerprint density at radius 3 is 2.26 bits per heavy atom. The number of hydrogen-bond donors (Lipinski definition) is 1. The van der Waals surface area contributed by atoms with Crippen LogP contribution in [0.2, 0.25) is 5.02 Å². The zero-order valence-electron chi connectivity index (χ0n) is 21.9. The predicted octanol–water partition coefficient (Wildman–Crippen LogP) is 4.58. The van der Waals surface area contributed by atoms with Crippen molar-refractivity contribution in [1.82, 2.24) is 10.2 Å². The van der Waals surface area contributed by atoms with Gasteiger partial charge < -0.3 is 10.2 Å². The van der Waals surface area contributed by atoms with Gasteiger partial charge in [-0.3, -0.25) is 13.9 Å². The van der Waals surface area contributed by atoms with Gasteiger partial charge >= 0.3 is 0 Å². The number of rotatable bonds is 12. The maximum atomic E-state index is 13.7. The highest BCUT2D eigenvalue weighted by molar-refractivity contribution is 7.92. The first-order valence-electron chi connectivity index (χ1n) is 12.4. The molecule has 3 rings (SSSR count). The van der Waals surface area contributed by atoms with Crippen LogP contribution in [0, 0.1) is 6.92 Å². The van der Waals surface area contributed by atoms with E-state index in [1.807, 2.05) is 49.4 Å². The summed E-state index contributed by atoms with van der Waals surface area (Å²) in [6.45, 7) is 2.23. The van der Waals surface area contributed by atoms with Crippen molar-refractivity contribution < 1.29 is 18.0 Å². The summed E-state index contributed by atoms with van der Waals surface area (Å²) in [6.07, 6.45) is 1.86. The Morgan fingerprint density at radius 2 is 1.63 bits per heavy atom. The van der Waals surface area contributed by atoms with Crippen LogP contribution in [0.25, 0.3) is 0 Å². The first-order chi connectivity index (χ1) is 18.1. The van der Waals surface area contributed by atoms with E-state index in [0.717, 1.165) is 22.9 Å². The Balaban J connectivity index is 1.84. The molecule has 0 fully saturated rings. The summed E-state index contributed by atoms with van der Waals surface area (Å²) in [5, 5.41) is 3.23. The molecule has 0 aliphatic rings. The molecular formula is C29H34ClN3O4S. The average molecular weight is 556 g/mol. The average Bonchev–Trinajstić information content (AvgIpc) is 2.88. The third-order valence-corrected chi connectivity index (χ3v) is 7.63. The molecule has 0 spiro atoms. The molecule has 1 N–H and O–H groups in total. The lowest BCUT2D eigenvalue weighted by Crippen LogP contribution is -2.49. The number of sulfonamides is 1. The standard InChI is InChI=1S/C29H34ClN3O4S/c1-22-10-7-15-26(18-22)33(38(3,36)37)17-9-16-28(34)32(21-24-13-8-14-25(30)19-24)27(29(35)31-2)20-23-11-5-4-6-12-23/h4-8,10-15,18-19,27H,9,16-17,20-21H2,1-3H3,(H,31,35). The summed E-state index contributed by atoms with van der Waals surface area (Å²) in [4.78, 5) is 28.2. The van der Waals surface area contributed by atoms with E-state index in [0.29, 0.717) is 17.1 Å². The fourth-order valence-electron chi connectivity index (χ4n) is 4.34. The number of benzene rings is 3. The van der Waals surface area contributed by atoms with Gasteiger partial charge in [-0.05, 0) is 54.3 Å². The van der Waals surface area contributed by atoms with E-state index in [1.165, 1.54) is 4.31 Å². The van der Waals surface area contributed by atoms with Crippen LogP contribution in [0.3, 0.4) is 0 Å². The molecule has 2 amide bonds. The molecule has 202 valence electrons. The second-order valence-electron chi connectivity index (χ2n) is 9.25. The van der Waals surface area contributed by atoms with Crippen molar-refractivity contribution in [2.24, 2.45) is 0 Å². The molecule has 7 nitrogen and oxygen atoms in total. The molecule has 0 bridgehead atoms. The Morgan fingerprint density at radius 1 is 0.947 bits per heavy atom. The second kappa shape index (κ2) is 13.4. The third kappa shape index (κ3) is 8.33. The molecule has 0 aliphatic heterocycles.